The molecule has 1 aliphatic rings. The number of carbonyl (C=O) groups excluding carboxylic acids is 2. The lowest BCUT2D eigenvalue weighted by molar-refractivity contribution is -0.114. The number of anilines is 2. The number of hydrogen-bond acceptors (Lipinski definition) is 3. The Morgan fingerprint density at radius 1 is 0.962 bits per heavy atom. The maximum atomic E-state index is 12.3. The summed E-state index contributed by atoms with van der Waals surface area (Å²) in [5.41, 5.74) is 4.58. The molecule has 2 amide bonds. The zero-order chi connectivity index (χ0) is 18.5. The second-order valence-corrected chi connectivity index (χ2v) is 6.75. The van der Waals surface area contributed by atoms with Crippen LogP contribution in [0.25, 0.3) is 0 Å². The van der Waals surface area contributed by atoms with Crippen LogP contribution in [0.4, 0.5) is 11.4 Å². The molecule has 3 rings (SSSR count). The molecule has 1 heterocycles. The van der Waals surface area contributed by atoms with Gasteiger partial charge < -0.3 is 15.5 Å². The largest absolute Gasteiger partial charge is 0.376 e. The van der Waals surface area contributed by atoms with Crippen molar-refractivity contribution in [2.45, 2.75) is 26.7 Å². The summed E-state index contributed by atoms with van der Waals surface area (Å²) in [5, 5.41) is 6.06. The summed E-state index contributed by atoms with van der Waals surface area (Å²) in [6.07, 6.45) is 2.15. The topological polar surface area (TPSA) is 61.4 Å². The molecule has 0 aliphatic carbocycles. The Balaban J connectivity index is 1.55. The van der Waals surface area contributed by atoms with Crippen LogP contribution in [0, 0.1) is 13.8 Å². The lowest BCUT2D eigenvalue weighted by atomic mass is 10.1. The van der Waals surface area contributed by atoms with E-state index in [2.05, 4.69) is 10.6 Å². The van der Waals surface area contributed by atoms with Crippen molar-refractivity contribution >= 4 is 23.2 Å². The number of rotatable bonds is 5. The monoisotopic (exact) mass is 351 g/mol. The molecule has 2 aromatic carbocycles. The first kappa shape index (κ1) is 18.0. The van der Waals surface area contributed by atoms with E-state index in [1.165, 1.54) is 0 Å². The highest BCUT2D eigenvalue weighted by Gasteiger charge is 2.19. The smallest absolute Gasteiger partial charge is 0.253 e. The number of para-hydroxylation sites is 1. The number of nitrogens with one attached hydrogen (secondary N) is 2. The summed E-state index contributed by atoms with van der Waals surface area (Å²) < 4.78 is 0. The van der Waals surface area contributed by atoms with E-state index in [0.29, 0.717) is 11.3 Å². The van der Waals surface area contributed by atoms with Gasteiger partial charge in [-0.2, -0.15) is 0 Å². The third kappa shape index (κ3) is 4.23. The number of benzene rings is 2. The average molecular weight is 351 g/mol. The summed E-state index contributed by atoms with van der Waals surface area (Å²) in [7, 11) is 0. The minimum Gasteiger partial charge on any atom is -0.376 e. The molecule has 5 nitrogen and oxygen atoms in total. The molecule has 5 heteroatoms. The lowest BCUT2D eigenvalue weighted by Gasteiger charge is -2.15. The molecule has 0 atom stereocenters. The fraction of sp³-hybridized carbons (Fsp3) is 0.333. The fourth-order valence-corrected chi connectivity index (χ4v) is 3.27. The molecule has 0 radical (unpaired) electrons. The summed E-state index contributed by atoms with van der Waals surface area (Å²) in [6, 6.07) is 13.1. The fourth-order valence-electron chi connectivity index (χ4n) is 3.27. The normalized spacial score (nSPS) is 13.5. The lowest BCUT2D eigenvalue weighted by Crippen LogP contribution is -2.27. The van der Waals surface area contributed by atoms with Gasteiger partial charge >= 0.3 is 0 Å². The van der Waals surface area contributed by atoms with E-state index in [4.69, 9.17) is 0 Å². The first-order valence-corrected chi connectivity index (χ1v) is 9.04. The Hall–Kier alpha value is -2.82. The Labute approximate surface area is 154 Å². The molecule has 2 aromatic rings. The van der Waals surface area contributed by atoms with Crippen LogP contribution in [0.15, 0.2) is 42.5 Å². The molecule has 26 heavy (non-hydrogen) atoms. The Morgan fingerprint density at radius 3 is 2.19 bits per heavy atom. The van der Waals surface area contributed by atoms with Gasteiger partial charge in [-0.25, -0.2) is 0 Å². The van der Waals surface area contributed by atoms with Crippen LogP contribution >= 0.6 is 0 Å². The molecule has 136 valence electrons. The average Bonchev–Trinajstić information content (AvgIpc) is 3.16. The summed E-state index contributed by atoms with van der Waals surface area (Å²) in [6.45, 7) is 5.90. The van der Waals surface area contributed by atoms with Crippen LogP contribution in [-0.2, 0) is 4.79 Å². The quantitative estimate of drug-likeness (QED) is 0.865. The van der Waals surface area contributed by atoms with Gasteiger partial charge in [-0.1, -0.05) is 18.2 Å². The van der Waals surface area contributed by atoms with Crippen molar-refractivity contribution in [1.29, 1.82) is 0 Å². The third-order valence-corrected chi connectivity index (χ3v) is 4.72. The van der Waals surface area contributed by atoms with E-state index in [9.17, 15) is 9.59 Å². The SMILES string of the molecule is Cc1cccc(C)c1NCC(=O)Nc1ccc(C(=O)N2CCCC2)cc1. The minimum atomic E-state index is -0.119. The highest BCUT2D eigenvalue weighted by Crippen LogP contribution is 2.19. The molecule has 1 aliphatic heterocycles. The predicted molar refractivity (Wildman–Crippen MR) is 105 cm³/mol. The standard InChI is InChI=1S/C21H25N3O2/c1-15-6-5-7-16(2)20(15)22-14-19(25)23-18-10-8-17(9-11-18)21(26)24-12-3-4-13-24/h5-11,22H,3-4,12-14H2,1-2H3,(H,23,25). The Bertz CT molecular complexity index is 773. The van der Waals surface area contributed by atoms with E-state index in [1.54, 1.807) is 24.3 Å². The molecule has 0 spiro atoms. The maximum Gasteiger partial charge on any atom is 0.253 e. The van der Waals surface area contributed by atoms with Crippen LogP contribution in [0.5, 0.6) is 0 Å². The molecule has 0 unspecified atom stereocenters. The molecular formula is C21H25N3O2. The molecule has 2 N–H and O–H groups in total. The van der Waals surface area contributed by atoms with Gasteiger partial charge in [0.15, 0.2) is 0 Å². The molecule has 1 fully saturated rings. The van der Waals surface area contributed by atoms with E-state index in [-0.39, 0.29) is 18.4 Å². The zero-order valence-corrected chi connectivity index (χ0v) is 15.3. The van der Waals surface area contributed by atoms with E-state index < -0.39 is 0 Å². The van der Waals surface area contributed by atoms with Gasteiger partial charge in [-0.15, -0.1) is 0 Å². The number of carbonyl (C=O) groups is 2. The third-order valence-electron chi connectivity index (χ3n) is 4.72. The van der Waals surface area contributed by atoms with Crippen LogP contribution in [0.2, 0.25) is 0 Å². The van der Waals surface area contributed by atoms with Crippen molar-refractivity contribution in [3.63, 3.8) is 0 Å². The molecular weight excluding hydrogens is 326 g/mol. The molecule has 1 saturated heterocycles. The van der Waals surface area contributed by atoms with Crippen molar-refractivity contribution in [2.75, 3.05) is 30.3 Å². The molecule has 0 aromatic heterocycles. The second kappa shape index (κ2) is 8.04. The Morgan fingerprint density at radius 2 is 1.58 bits per heavy atom. The van der Waals surface area contributed by atoms with Gasteiger partial charge in [0, 0.05) is 30.0 Å². The van der Waals surface area contributed by atoms with Gasteiger partial charge in [0.25, 0.3) is 5.91 Å². The van der Waals surface area contributed by atoms with Crippen LogP contribution < -0.4 is 10.6 Å². The number of hydrogen-bond donors (Lipinski definition) is 2. The van der Waals surface area contributed by atoms with Gasteiger partial charge in [0.1, 0.15) is 0 Å². The van der Waals surface area contributed by atoms with Gasteiger partial charge in [-0.05, 0) is 62.1 Å². The Kier molecular flexibility index (Phi) is 5.56. The number of likely N-dealkylation sites (tertiary alicyclic amines) is 1. The highest BCUT2D eigenvalue weighted by atomic mass is 16.2. The van der Waals surface area contributed by atoms with Crippen LogP contribution in [0.3, 0.4) is 0 Å². The summed E-state index contributed by atoms with van der Waals surface area (Å²) in [4.78, 5) is 26.4. The molecule has 0 bridgehead atoms. The van der Waals surface area contributed by atoms with Gasteiger partial charge in [0.2, 0.25) is 5.91 Å². The molecule has 0 saturated carbocycles. The van der Waals surface area contributed by atoms with Crippen molar-refractivity contribution in [3.8, 4) is 0 Å². The van der Waals surface area contributed by atoms with E-state index in [1.807, 2.05) is 36.9 Å². The number of amides is 2. The maximum absolute atomic E-state index is 12.3. The first-order chi connectivity index (χ1) is 12.5. The van der Waals surface area contributed by atoms with Crippen molar-refractivity contribution in [3.05, 3.63) is 59.2 Å². The first-order valence-electron chi connectivity index (χ1n) is 9.04. The zero-order valence-electron chi connectivity index (χ0n) is 15.3. The van der Waals surface area contributed by atoms with Gasteiger partial charge in [0.05, 0.1) is 6.54 Å². The van der Waals surface area contributed by atoms with Gasteiger partial charge in [-0.3, -0.25) is 9.59 Å². The minimum absolute atomic E-state index is 0.0667. The van der Waals surface area contributed by atoms with E-state index >= 15 is 0 Å². The predicted octanol–water partition coefficient (Wildman–Crippen LogP) is 3.59. The highest BCUT2D eigenvalue weighted by molar-refractivity contribution is 5.96. The summed E-state index contributed by atoms with van der Waals surface area (Å²) in [5.74, 6) is -0.0525. The summed E-state index contributed by atoms with van der Waals surface area (Å²) >= 11 is 0. The van der Waals surface area contributed by atoms with Crippen molar-refractivity contribution in [1.82, 2.24) is 4.90 Å². The number of aryl methyl sites for hydroxylation is 2. The number of nitrogens with zero attached hydrogens (tertiary/aromatic N) is 1. The van der Waals surface area contributed by atoms with E-state index in [0.717, 1.165) is 42.7 Å². The van der Waals surface area contributed by atoms with Crippen molar-refractivity contribution in [2.24, 2.45) is 0 Å². The van der Waals surface area contributed by atoms with Crippen molar-refractivity contribution < 1.29 is 9.59 Å². The second-order valence-electron chi connectivity index (χ2n) is 6.75. The van der Waals surface area contributed by atoms with Crippen LogP contribution in [-0.4, -0.2) is 36.3 Å². The van der Waals surface area contributed by atoms with Crippen LogP contribution in [0.1, 0.15) is 34.3 Å².